The van der Waals surface area contributed by atoms with Crippen molar-refractivity contribution >= 4 is 0 Å². The van der Waals surface area contributed by atoms with Gasteiger partial charge in [-0.1, -0.05) is 0 Å². The van der Waals surface area contributed by atoms with Crippen molar-refractivity contribution in [1.29, 1.82) is 0 Å². The second-order valence-corrected chi connectivity index (χ2v) is 5.46. The van der Waals surface area contributed by atoms with E-state index in [4.69, 9.17) is 0 Å². The first-order valence-electron chi connectivity index (χ1n) is 7.11. The molecule has 0 saturated heterocycles. The molecule has 4 nitrogen and oxygen atoms in total. The monoisotopic (exact) mass is 270 g/mol. The van der Waals surface area contributed by atoms with Gasteiger partial charge in [-0.15, -0.1) is 0 Å². The third-order valence-electron chi connectivity index (χ3n) is 3.92. The van der Waals surface area contributed by atoms with Gasteiger partial charge in [0.2, 0.25) is 0 Å². The molecule has 3 heterocycles. The van der Waals surface area contributed by atoms with Crippen LogP contribution >= 0.6 is 0 Å². The summed E-state index contributed by atoms with van der Waals surface area (Å²) in [6, 6.07) is 0. The Bertz CT molecular complexity index is 549. The number of nitrogens with one attached hydrogen (secondary N) is 1. The second kappa shape index (κ2) is 5.12. The van der Waals surface area contributed by atoms with Crippen molar-refractivity contribution in [3.8, 4) is 0 Å². The highest BCUT2D eigenvalue weighted by atomic mass is 15.2. The number of fused-ring (bicyclic) bond motifs is 2. The van der Waals surface area contributed by atoms with Gasteiger partial charge in [0.1, 0.15) is 0 Å². The first-order valence-corrected chi connectivity index (χ1v) is 7.11. The number of hydrogen-bond donors (Lipinski definition) is 1. The lowest BCUT2D eigenvalue weighted by Gasteiger charge is -2.30. The van der Waals surface area contributed by atoms with Gasteiger partial charge in [-0.3, -0.25) is 0 Å². The molecule has 20 heavy (non-hydrogen) atoms. The van der Waals surface area contributed by atoms with Gasteiger partial charge in [0.25, 0.3) is 0 Å². The summed E-state index contributed by atoms with van der Waals surface area (Å²) in [6.07, 6.45) is 14.4. The van der Waals surface area contributed by atoms with Crippen molar-refractivity contribution in [2.75, 3.05) is 34.2 Å². The van der Waals surface area contributed by atoms with E-state index in [0.29, 0.717) is 0 Å². The molecule has 4 heteroatoms. The van der Waals surface area contributed by atoms with Gasteiger partial charge in [0, 0.05) is 58.0 Å². The molecule has 0 aliphatic carbocycles. The van der Waals surface area contributed by atoms with Gasteiger partial charge in [0.05, 0.1) is 11.4 Å². The molecular formula is C16H22N4. The minimum Gasteiger partial charge on any atom is -0.388 e. The van der Waals surface area contributed by atoms with Crippen molar-refractivity contribution in [1.82, 2.24) is 20.0 Å². The van der Waals surface area contributed by atoms with E-state index in [9.17, 15) is 0 Å². The third-order valence-corrected chi connectivity index (χ3v) is 3.92. The predicted molar refractivity (Wildman–Crippen MR) is 82.2 cm³/mol. The number of allylic oxidation sites excluding steroid dienone is 4. The van der Waals surface area contributed by atoms with Crippen LogP contribution in [0.2, 0.25) is 0 Å². The average molecular weight is 270 g/mol. The fraction of sp³-hybridized carbons (Fsp3) is 0.375. The Balaban J connectivity index is 2.08. The molecular weight excluding hydrogens is 248 g/mol. The predicted octanol–water partition coefficient (Wildman–Crippen LogP) is 1.81. The molecule has 0 fully saturated rings. The van der Waals surface area contributed by atoms with Crippen LogP contribution in [-0.2, 0) is 0 Å². The highest BCUT2D eigenvalue weighted by Crippen LogP contribution is 2.29. The van der Waals surface area contributed by atoms with E-state index in [0.717, 1.165) is 25.2 Å². The van der Waals surface area contributed by atoms with Crippen LogP contribution in [0, 0.1) is 0 Å². The van der Waals surface area contributed by atoms with Crippen LogP contribution in [0.15, 0.2) is 59.5 Å². The number of likely N-dealkylation sites (N-methyl/N-ethyl adjacent to an activating group) is 2. The van der Waals surface area contributed by atoms with Gasteiger partial charge < -0.3 is 20.0 Å². The largest absolute Gasteiger partial charge is 0.388 e. The molecule has 3 aliphatic rings. The van der Waals surface area contributed by atoms with Crippen LogP contribution in [-0.4, -0.2) is 48.9 Å². The Morgan fingerprint density at radius 1 is 1.00 bits per heavy atom. The summed E-state index contributed by atoms with van der Waals surface area (Å²) >= 11 is 0. The van der Waals surface area contributed by atoms with Gasteiger partial charge in [0.15, 0.2) is 0 Å². The van der Waals surface area contributed by atoms with Crippen molar-refractivity contribution in [3.05, 3.63) is 59.5 Å². The Morgan fingerprint density at radius 2 is 1.65 bits per heavy atom. The summed E-state index contributed by atoms with van der Waals surface area (Å²) in [5.41, 5.74) is 4.95. The summed E-state index contributed by atoms with van der Waals surface area (Å²) < 4.78 is 0. The topological polar surface area (TPSA) is 21.8 Å². The molecule has 1 N–H and O–H groups in total. The molecule has 0 bridgehead atoms. The lowest BCUT2D eigenvalue weighted by molar-refractivity contribution is 0.440. The molecule has 0 unspecified atom stereocenters. The van der Waals surface area contributed by atoms with Crippen molar-refractivity contribution in [3.63, 3.8) is 0 Å². The van der Waals surface area contributed by atoms with E-state index in [2.05, 4.69) is 70.8 Å². The Labute approximate surface area is 121 Å². The Hall–Kier alpha value is -2.10. The van der Waals surface area contributed by atoms with E-state index in [-0.39, 0.29) is 0 Å². The van der Waals surface area contributed by atoms with Crippen LogP contribution in [0.4, 0.5) is 0 Å². The van der Waals surface area contributed by atoms with Gasteiger partial charge in [-0.05, 0) is 30.7 Å². The molecule has 0 aromatic rings. The maximum absolute atomic E-state index is 3.23. The first-order chi connectivity index (χ1) is 9.69. The lowest BCUT2D eigenvalue weighted by Crippen LogP contribution is -2.25. The SMILES string of the molecule is CNC1=CC2=C3C=C(N(C)C)C=CN3CCCN2C=C1. The summed E-state index contributed by atoms with van der Waals surface area (Å²) in [7, 11) is 6.13. The van der Waals surface area contributed by atoms with Crippen LogP contribution < -0.4 is 5.32 Å². The quantitative estimate of drug-likeness (QED) is 0.826. The summed E-state index contributed by atoms with van der Waals surface area (Å²) in [6.45, 7) is 2.14. The highest BCUT2D eigenvalue weighted by Gasteiger charge is 2.23. The second-order valence-electron chi connectivity index (χ2n) is 5.46. The Kier molecular flexibility index (Phi) is 3.30. The van der Waals surface area contributed by atoms with Crippen LogP contribution in [0.1, 0.15) is 6.42 Å². The van der Waals surface area contributed by atoms with Gasteiger partial charge in [-0.2, -0.15) is 0 Å². The standard InChI is InChI=1S/C16H22N4/c1-17-13-5-9-19-7-4-8-20-10-6-14(18(2)3)12-16(20)15(19)11-13/h5-6,9-12,17H,4,7-8H2,1-3H3. The summed E-state index contributed by atoms with van der Waals surface area (Å²) in [5, 5.41) is 3.23. The zero-order chi connectivity index (χ0) is 14.1. The summed E-state index contributed by atoms with van der Waals surface area (Å²) in [4.78, 5) is 6.85. The lowest BCUT2D eigenvalue weighted by atomic mass is 10.1. The van der Waals surface area contributed by atoms with E-state index in [1.165, 1.54) is 17.1 Å². The molecule has 0 atom stereocenters. The molecule has 0 aromatic heterocycles. The zero-order valence-electron chi connectivity index (χ0n) is 12.4. The minimum absolute atomic E-state index is 1.07. The molecule has 3 aliphatic heterocycles. The molecule has 0 radical (unpaired) electrons. The maximum atomic E-state index is 3.23. The third kappa shape index (κ3) is 2.22. The Morgan fingerprint density at radius 3 is 2.30 bits per heavy atom. The van der Waals surface area contributed by atoms with E-state index in [1.807, 2.05) is 7.05 Å². The van der Waals surface area contributed by atoms with Gasteiger partial charge in [-0.25, -0.2) is 0 Å². The highest BCUT2D eigenvalue weighted by molar-refractivity contribution is 5.45. The fourth-order valence-corrected chi connectivity index (χ4v) is 2.72. The smallest absolute Gasteiger partial charge is 0.0668 e. The van der Waals surface area contributed by atoms with Crippen LogP contribution in [0.3, 0.4) is 0 Å². The van der Waals surface area contributed by atoms with Crippen molar-refractivity contribution in [2.45, 2.75) is 6.42 Å². The van der Waals surface area contributed by atoms with E-state index >= 15 is 0 Å². The average Bonchev–Trinajstić information content (AvgIpc) is 2.65. The van der Waals surface area contributed by atoms with Crippen molar-refractivity contribution < 1.29 is 0 Å². The normalized spacial score (nSPS) is 20.9. The first kappa shape index (κ1) is 12.9. The number of rotatable bonds is 2. The maximum Gasteiger partial charge on any atom is 0.0668 e. The number of hydrogen-bond acceptors (Lipinski definition) is 4. The van der Waals surface area contributed by atoms with E-state index < -0.39 is 0 Å². The molecule has 3 rings (SSSR count). The zero-order valence-corrected chi connectivity index (χ0v) is 12.4. The molecule has 0 aromatic carbocycles. The fourth-order valence-electron chi connectivity index (χ4n) is 2.72. The van der Waals surface area contributed by atoms with Crippen LogP contribution in [0.25, 0.3) is 0 Å². The molecule has 106 valence electrons. The van der Waals surface area contributed by atoms with Crippen LogP contribution in [0.5, 0.6) is 0 Å². The van der Waals surface area contributed by atoms with Gasteiger partial charge >= 0.3 is 0 Å². The molecule has 0 saturated carbocycles. The van der Waals surface area contributed by atoms with Crippen molar-refractivity contribution in [2.24, 2.45) is 0 Å². The van der Waals surface area contributed by atoms with E-state index in [1.54, 1.807) is 0 Å². The summed E-state index contributed by atoms with van der Waals surface area (Å²) in [5.74, 6) is 0. The minimum atomic E-state index is 1.07. The molecule has 0 spiro atoms. The number of nitrogens with zero attached hydrogens (tertiary/aromatic N) is 3. The molecule has 0 amide bonds.